The second kappa shape index (κ2) is 5.56. The molecule has 0 amide bonds. The van der Waals surface area contributed by atoms with Gasteiger partial charge in [-0.05, 0) is 59.8 Å². The summed E-state index contributed by atoms with van der Waals surface area (Å²) >= 11 is 2.24. The highest BCUT2D eigenvalue weighted by atomic mass is 127. The van der Waals surface area contributed by atoms with Gasteiger partial charge in [-0.2, -0.15) is 0 Å². The van der Waals surface area contributed by atoms with Gasteiger partial charge >= 0.3 is 0 Å². The first kappa shape index (κ1) is 13.1. The van der Waals surface area contributed by atoms with Crippen molar-refractivity contribution in [2.45, 2.75) is 13.0 Å². The molecule has 1 unspecified atom stereocenters. The van der Waals surface area contributed by atoms with Gasteiger partial charge in [-0.25, -0.2) is 4.39 Å². The Morgan fingerprint density at radius 1 is 1.17 bits per heavy atom. The molecule has 94 valence electrons. The van der Waals surface area contributed by atoms with Gasteiger partial charge in [0.05, 0.1) is 6.04 Å². The van der Waals surface area contributed by atoms with Crippen molar-refractivity contribution in [1.29, 1.82) is 0 Å². The topological polar surface area (TPSA) is 32.3 Å². The predicted molar refractivity (Wildman–Crippen MR) is 79.3 cm³/mol. The van der Waals surface area contributed by atoms with Crippen LogP contribution in [0.1, 0.15) is 18.5 Å². The minimum absolute atomic E-state index is 0.0273. The Hall–Kier alpha value is -1.30. The summed E-state index contributed by atoms with van der Waals surface area (Å²) in [6.45, 7) is 1.92. The summed E-state index contributed by atoms with van der Waals surface area (Å²) in [6.07, 6.45) is 0. The molecule has 4 heteroatoms. The molecular weight excluding hydrogens is 344 g/mol. The number of hydrogen-bond donors (Lipinski definition) is 2. The molecule has 2 nitrogen and oxygen atoms in total. The summed E-state index contributed by atoms with van der Waals surface area (Å²) in [5.74, 6) is -0.460. The van der Waals surface area contributed by atoms with Crippen LogP contribution in [-0.2, 0) is 0 Å². The molecule has 2 aromatic rings. The molecule has 0 aliphatic heterocycles. The van der Waals surface area contributed by atoms with Crippen LogP contribution >= 0.6 is 22.6 Å². The normalized spacial score (nSPS) is 12.2. The van der Waals surface area contributed by atoms with Crippen molar-refractivity contribution < 1.29 is 9.50 Å². The zero-order valence-electron chi connectivity index (χ0n) is 9.82. The van der Waals surface area contributed by atoms with Crippen molar-refractivity contribution in [2.24, 2.45) is 0 Å². The highest BCUT2D eigenvalue weighted by Gasteiger charge is 2.10. The Kier molecular flexibility index (Phi) is 4.06. The molecule has 0 aromatic heterocycles. The molecule has 0 radical (unpaired) electrons. The molecule has 0 aliphatic carbocycles. The number of benzene rings is 2. The number of phenols is 1. The van der Waals surface area contributed by atoms with Gasteiger partial charge in [0.25, 0.3) is 0 Å². The number of phenolic OH excluding ortho intramolecular Hbond substituents is 1. The summed E-state index contributed by atoms with van der Waals surface area (Å²) in [5, 5.41) is 13.0. The lowest BCUT2D eigenvalue weighted by Crippen LogP contribution is -2.06. The zero-order chi connectivity index (χ0) is 13.1. The lowest BCUT2D eigenvalue weighted by molar-refractivity contribution is 0.459. The van der Waals surface area contributed by atoms with E-state index in [4.69, 9.17) is 0 Å². The second-order valence-electron chi connectivity index (χ2n) is 4.08. The Morgan fingerprint density at radius 3 is 2.44 bits per heavy atom. The maximum absolute atomic E-state index is 12.9. The first-order valence-electron chi connectivity index (χ1n) is 5.57. The number of hydrogen-bond acceptors (Lipinski definition) is 2. The lowest BCUT2D eigenvalue weighted by atomic mass is 10.1. The largest absolute Gasteiger partial charge is 0.507 e. The van der Waals surface area contributed by atoms with E-state index in [1.54, 1.807) is 6.07 Å². The number of aromatic hydroxyl groups is 1. The quantitative estimate of drug-likeness (QED) is 0.803. The minimum Gasteiger partial charge on any atom is -0.507 e. The van der Waals surface area contributed by atoms with Gasteiger partial charge in [-0.15, -0.1) is 0 Å². The maximum atomic E-state index is 12.9. The highest BCUT2D eigenvalue weighted by Crippen LogP contribution is 2.27. The van der Waals surface area contributed by atoms with Crippen LogP contribution in [0.3, 0.4) is 0 Å². The molecule has 0 bridgehead atoms. The number of anilines is 1. The number of halogens is 2. The Bertz CT molecular complexity index is 542. The van der Waals surface area contributed by atoms with Gasteiger partial charge in [0.1, 0.15) is 11.6 Å². The first-order chi connectivity index (χ1) is 8.56. The molecule has 0 heterocycles. The summed E-state index contributed by atoms with van der Waals surface area (Å²) < 4.78 is 14.1. The molecule has 2 aromatic carbocycles. The summed E-state index contributed by atoms with van der Waals surface area (Å²) in [5.41, 5.74) is 1.64. The molecule has 1 atom stereocenters. The SMILES string of the molecule is CC(Nc1ccc(I)cc1)c1ccc(F)cc1O. The van der Waals surface area contributed by atoms with E-state index in [2.05, 4.69) is 27.9 Å². The molecule has 0 aliphatic rings. The average molecular weight is 357 g/mol. The summed E-state index contributed by atoms with van der Waals surface area (Å²) in [6, 6.07) is 11.9. The van der Waals surface area contributed by atoms with Crippen molar-refractivity contribution in [3.05, 3.63) is 57.4 Å². The van der Waals surface area contributed by atoms with Crippen LogP contribution in [0.15, 0.2) is 42.5 Å². The van der Waals surface area contributed by atoms with Crippen LogP contribution < -0.4 is 5.32 Å². The third kappa shape index (κ3) is 3.13. The molecule has 0 spiro atoms. The van der Waals surface area contributed by atoms with Gasteiger partial charge in [-0.1, -0.05) is 6.07 Å². The Morgan fingerprint density at radius 2 is 1.83 bits per heavy atom. The van der Waals surface area contributed by atoms with Crippen molar-refractivity contribution in [3.63, 3.8) is 0 Å². The van der Waals surface area contributed by atoms with E-state index in [-0.39, 0.29) is 11.8 Å². The predicted octanol–water partition coefficient (Wildman–Crippen LogP) is 4.31. The van der Waals surface area contributed by atoms with Crippen LogP contribution in [0.25, 0.3) is 0 Å². The van der Waals surface area contributed by atoms with Crippen LogP contribution in [0.5, 0.6) is 5.75 Å². The van der Waals surface area contributed by atoms with Crippen molar-refractivity contribution in [3.8, 4) is 5.75 Å². The Balaban J connectivity index is 2.16. The molecule has 18 heavy (non-hydrogen) atoms. The molecular formula is C14H13FINO. The monoisotopic (exact) mass is 357 g/mol. The van der Waals surface area contributed by atoms with E-state index in [1.165, 1.54) is 6.07 Å². The smallest absolute Gasteiger partial charge is 0.126 e. The van der Waals surface area contributed by atoms with Crippen molar-refractivity contribution >= 4 is 28.3 Å². The molecule has 0 saturated carbocycles. The van der Waals surface area contributed by atoms with E-state index >= 15 is 0 Å². The maximum Gasteiger partial charge on any atom is 0.126 e. The molecule has 0 saturated heterocycles. The minimum atomic E-state index is -0.433. The van der Waals surface area contributed by atoms with E-state index in [0.717, 1.165) is 15.3 Å². The van der Waals surface area contributed by atoms with Crippen LogP contribution in [0, 0.1) is 9.39 Å². The molecule has 2 N–H and O–H groups in total. The number of rotatable bonds is 3. The molecule has 0 fully saturated rings. The fourth-order valence-corrected chi connectivity index (χ4v) is 2.12. The van der Waals surface area contributed by atoms with Gasteiger partial charge in [0.2, 0.25) is 0 Å². The van der Waals surface area contributed by atoms with E-state index in [0.29, 0.717) is 5.56 Å². The fraction of sp³-hybridized carbons (Fsp3) is 0.143. The van der Waals surface area contributed by atoms with Crippen molar-refractivity contribution in [1.82, 2.24) is 0 Å². The van der Waals surface area contributed by atoms with Crippen LogP contribution in [-0.4, -0.2) is 5.11 Å². The highest BCUT2D eigenvalue weighted by molar-refractivity contribution is 14.1. The Labute approximate surface area is 119 Å². The van der Waals surface area contributed by atoms with E-state index in [9.17, 15) is 9.50 Å². The first-order valence-corrected chi connectivity index (χ1v) is 6.64. The average Bonchev–Trinajstić information content (AvgIpc) is 2.32. The zero-order valence-corrected chi connectivity index (χ0v) is 12.0. The van der Waals surface area contributed by atoms with E-state index < -0.39 is 5.82 Å². The number of nitrogens with one attached hydrogen (secondary N) is 1. The van der Waals surface area contributed by atoms with Crippen LogP contribution in [0.2, 0.25) is 0 Å². The summed E-state index contributed by atoms with van der Waals surface area (Å²) in [7, 11) is 0. The lowest BCUT2D eigenvalue weighted by Gasteiger charge is -2.17. The van der Waals surface area contributed by atoms with Crippen molar-refractivity contribution in [2.75, 3.05) is 5.32 Å². The summed E-state index contributed by atoms with van der Waals surface area (Å²) in [4.78, 5) is 0. The third-order valence-corrected chi connectivity index (χ3v) is 3.41. The van der Waals surface area contributed by atoms with E-state index in [1.807, 2.05) is 31.2 Å². The van der Waals surface area contributed by atoms with Gasteiger partial charge in [0.15, 0.2) is 0 Å². The fourth-order valence-electron chi connectivity index (χ4n) is 1.76. The molecule has 2 rings (SSSR count). The third-order valence-electron chi connectivity index (χ3n) is 2.69. The standard InChI is InChI=1S/C14H13FINO/c1-9(13-7-2-10(15)8-14(13)18)17-12-5-3-11(16)4-6-12/h2-9,17-18H,1H3. The second-order valence-corrected chi connectivity index (χ2v) is 5.32. The van der Waals surface area contributed by atoms with Gasteiger partial charge in [-0.3, -0.25) is 0 Å². The van der Waals surface area contributed by atoms with Gasteiger partial charge in [0, 0.05) is 20.9 Å². The van der Waals surface area contributed by atoms with Crippen LogP contribution in [0.4, 0.5) is 10.1 Å². The van der Waals surface area contributed by atoms with Gasteiger partial charge < -0.3 is 10.4 Å².